The number of nitrogens with zero attached hydrogens (tertiary/aromatic N) is 2. The monoisotopic (exact) mass is 498 g/mol. The van der Waals surface area contributed by atoms with Gasteiger partial charge >= 0.3 is 0 Å². The number of carbonyl (C=O) groups excluding carboxylic acids is 1. The summed E-state index contributed by atoms with van der Waals surface area (Å²) in [5, 5.41) is 12.4. The topological polar surface area (TPSA) is 79.4 Å². The molecule has 2 N–H and O–H groups in total. The highest BCUT2D eigenvalue weighted by molar-refractivity contribution is 6.38. The molecular weight excluding hydrogens is 483 g/mol. The van der Waals surface area contributed by atoms with E-state index in [1.54, 1.807) is 24.3 Å². The third-order valence-electron chi connectivity index (χ3n) is 4.68. The molecule has 3 aromatic carbocycles. The molecule has 6 nitrogen and oxygen atoms in total. The number of rotatable bonds is 7. The second-order valence-electron chi connectivity index (χ2n) is 6.91. The summed E-state index contributed by atoms with van der Waals surface area (Å²) in [5.41, 5.74) is 5.53. The lowest BCUT2D eigenvalue weighted by atomic mass is 10.1. The van der Waals surface area contributed by atoms with Gasteiger partial charge in [-0.3, -0.25) is 9.89 Å². The standard InChI is InChI=1S/C24H17Cl3N4O2/c25-19-5-2-1-4-16(19)14-33-17-10-8-15(9-11-17)22-12-23(30-29-22)24(32)31-28-13-18-20(26)6-3-7-21(18)27/h1-13H,14H2,(H,29,30)(H,31,32). The van der Waals surface area contributed by atoms with Crippen LogP contribution in [0.2, 0.25) is 15.1 Å². The van der Waals surface area contributed by atoms with E-state index in [-0.39, 0.29) is 5.69 Å². The van der Waals surface area contributed by atoms with E-state index in [2.05, 4.69) is 20.7 Å². The quantitative estimate of drug-likeness (QED) is 0.229. The van der Waals surface area contributed by atoms with Crippen LogP contribution in [0.5, 0.6) is 5.75 Å². The largest absolute Gasteiger partial charge is 0.489 e. The first kappa shape index (κ1) is 22.9. The summed E-state index contributed by atoms with van der Waals surface area (Å²) in [6.07, 6.45) is 1.39. The van der Waals surface area contributed by atoms with Crippen molar-refractivity contribution < 1.29 is 9.53 Å². The molecule has 1 aromatic heterocycles. The molecule has 0 aliphatic rings. The molecule has 4 rings (SSSR count). The average Bonchev–Trinajstić information content (AvgIpc) is 3.31. The predicted octanol–water partition coefficient (Wildman–Crippen LogP) is 6.38. The molecule has 0 fully saturated rings. The van der Waals surface area contributed by atoms with Crippen molar-refractivity contribution in [3.05, 3.63) is 105 Å². The lowest BCUT2D eigenvalue weighted by molar-refractivity contribution is 0.0950. The van der Waals surface area contributed by atoms with Gasteiger partial charge in [0, 0.05) is 21.7 Å². The highest BCUT2D eigenvalue weighted by atomic mass is 35.5. The molecule has 0 unspecified atom stereocenters. The molecule has 0 aliphatic heterocycles. The molecule has 1 amide bonds. The first-order chi connectivity index (χ1) is 16.0. The molecule has 0 aliphatic carbocycles. The van der Waals surface area contributed by atoms with Crippen LogP contribution in [0.15, 0.2) is 77.9 Å². The van der Waals surface area contributed by atoms with Crippen LogP contribution in [0.3, 0.4) is 0 Å². The SMILES string of the molecule is O=C(NN=Cc1c(Cl)cccc1Cl)c1cc(-c2ccc(OCc3ccccc3Cl)cc2)n[nH]1. The number of aromatic amines is 1. The van der Waals surface area contributed by atoms with Gasteiger partial charge in [-0.2, -0.15) is 10.2 Å². The summed E-state index contributed by atoms with van der Waals surface area (Å²) in [6, 6.07) is 21.6. The molecule has 0 bridgehead atoms. The van der Waals surface area contributed by atoms with E-state index in [9.17, 15) is 4.79 Å². The van der Waals surface area contributed by atoms with E-state index in [1.165, 1.54) is 6.21 Å². The molecule has 1 heterocycles. The van der Waals surface area contributed by atoms with E-state index in [1.807, 2.05) is 48.5 Å². The van der Waals surface area contributed by atoms with Gasteiger partial charge in [-0.15, -0.1) is 0 Å². The zero-order valence-electron chi connectivity index (χ0n) is 17.1. The Morgan fingerprint density at radius 1 is 0.970 bits per heavy atom. The smallest absolute Gasteiger partial charge is 0.289 e. The van der Waals surface area contributed by atoms with Gasteiger partial charge in [-0.05, 0) is 48.5 Å². The minimum atomic E-state index is -0.451. The van der Waals surface area contributed by atoms with Gasteiger partial charge in [0.05, 0.1) is 22.0 Å². The van der Waals surface area contributed by atoms with Crippen molar-refractivity contribution in [1.82, 2.24) is 15.6 Å². The number of benzene rings is 3. The van der Waals surface area contributed by atoms with Gasteiger partial charge in [0.2, 0.25) is 0 Å². The fourth-order valence-corrected chi connectivity index (χ4v) is 3.62. The van der Waals surface area contributed by atoms with Crippen LogP contribution in [-0.2, 0) is 6.61 Å². The summed E-state index contributed by atoms with van der Waals surface area (Å²) in [4.78, 5) is 12.4. The van der Waals surface area contributed by atoms with E-state index < -0.39 is 5.91 Å². The summed E-state index contributed by atoms with van der Waals surface area (Å²) in [6.45, 7) is 0.367. The molecule has 0 saturated heterocycles. The Kier molecular flexibility index (Phi) is 7.29. The molecule has 33 heavy (non-hydrogen) atoms. The van der Waals surface area contributed by atoms with Crippen LogP contribution in [0, 0.1) is 0 Å². The number of ether oxygens (including phenoxy) is 1. The zero-order valence-corrected chi connectivity index (χ0v) is 19.3. The van der Waals surface area contributed by atoms with Gasteiger partial charge in [0.25, 0.3) is 5.91 Å². The highest BCUT2D eigenvalue weighted by Crippen LogP contribution is 2.24. The van der Waals surface area contributed by atoms with Gasteiger partial charge in [0.15, 0.2) is 0 Å². The molecule has 0 atom stereocenters. The number of halogens is 3. The Labute approximate surface area is 205 Å². The van der Waals surface area contributed by atoms with E-state index >= 15 is 0 Å². The Morgan fingerprint density at radius 2 is 1.67 bits per heavy atom. The number of amides is 1. The summed E-state index contributed by atoms with van der Waals surface area (Å²) < 4.78 is 5.79. The number of carbonyl (C=O) groups is 1. The molecule has 0 radical (unpaired) electrons. The zero-order chi connectivity index (χ0) is 23.2. The molecule has 0 saturated carbocycles. The normalized spacial score (nSPS) is 11.0. The third kappa shape index (κ3) is 5.73. The van der Waals surface area contributed by atoms with Crippen LogP contribution < -0.4 is 10.2 Å². The van der Waals surface area contributed by atoms with Crippen LogP contribution in [0.1, 0.15) is 21.6 Å². The lowest BCUT2D eigenvalue weighted by Gasteiger charge is -2.08. The fourth-order valence-electron chi connectivity index (χ4n) is 2.93. The second-order valence-corrected chi connectivity index (χ2v) is 8.13. The van der Waals surface area contributed by atoms with Gasteiger partial charge in [0.1, 0.15) is 18.1 Å². The summed E-state index contributed by atoms with van der Waals surface area (Å²) >= 11 is 18.3. The first-order valence-corrected chi connectivity index (χ1v) is 10.9. The van der Waals surface area contributed by atoms with Crippen molar-refractivity contribution in [1.29, 1.82) is 0 Å². The van der Waals surface area contributed by atoms with Crippen molar-refractivity contribution >= 4 is 46.9 Å². The van der Waals surface area contributed by atoms with Gasteiger partial charge in [-0.25, -0.2) is 5.43 Å². The number of hydrogen-bond donors (Lipinski definition) is 2. The Bertz CT molecular complexity index is 1280. The molecule has 9 heteroatoms. The number of aromatic nitrogens is 2. The third-order valence-corrected chi connectivity index (χ3v) is 5.71. The van der Waals surface area contributed by atoms with E-state index in [4.69, 9.17) is 39.5 Å². The summed E-state index contributed by atoms with van der Waals surface area (Å²) in [7, 11) is 0. The number of H-pyrrole nitrogens is 1. The van der Waals surface area contributed by atoms with E-state index in [0.29, 0.717) is 38.7 Å². The average molecular weight is 500 g/mol. The Morgan fingerprint density at radius 3 is 2.39 bits per heavy atom. The van der Waals surface area contributed by atoms with Crippen molar-refractivity contribution in [2.24, 2.45) is 5.10 Å². The van der Waals surface area contributed by atoms with Crippen LogP contribution >= 0.6 is 34.8 Å². The van der Waals surface area contributed by atoms with Crippen molar-refractivity contribution in [2.45, 2.75) is 6.61 Å². The molecule has 4 aromatic rings. The van der Waals surface area contributed by atoms with Crippen LogP contribution in [0.4, 0.5) is 0 Å². The fraction of sp³-hybridized carbons (Fsp3) is 0.0417. The number of hydrazone groups is 1. The van der Waals surface area contributed by atoms with Crippen molar-refractivity contribution in [2.75, 3.05) is 0 Å². The van der Waals surface area contributed by atoms with Crippen molar-refractivity contribution in [3.63, 3.8) is 0 Å². The van der Waals surface area contributed by atoms with Crippen molar-refractivity contribution in [3.8, 4) is 17.0 Å². The predicted molar refractivity (Wildman–Crippen MR) is 131 cm³/mol. The van der Waals surface area contributed by atoms with Gasteiger partial charge < -0.3 is 4.74 Å². The molecule has 166 valence electrons. The Balaban J connectivity index is 1.37. The van der Waals surface area contributed by atoms with Crippen LogP contribution in [0.25, 0.3) is 11.3 Å². The maximum Gasteiger partial charge on any atom is 0.289 e. The van der Waals surface area contributed by atoms with E-state index in [0.717, 1.165) is 11.1 Å². The van der Waals surface area contributed by atoms with Crippen LogP contribution in [-0.4, -0.2) is 22.3 Å². The minimum absolute atomic E-state index is 0.256. The molecule has 0 spiro atoms. The highest BCUT2D eigenvalue weighted by Gasteiger charge is 2.11. The maximum absolute atomic E-state index is 12.4. The van der Waals surface area contributed by atoms with Gasteiger partial charge in [-0.1, -0.05) is 59.1 Å². The number of nitrogens with one attached hydrogen (secondary N) is 2. The Hall–Kier alpha value is -3.32. The summed E-state index contributed by atoms with van der Waals surface area (Å²) in [5.74, 6) is 0.243. The minimum Gasteiger partial charge on any atom is -0.489 e. The second kappa shape index (κ2) is 10.5. The number of hydrogen-bond acceptors (Lipinski definition) is 4. The first-order valence-electron chi connectivity index (χ1n) is 9.81. The maximum atomic E-state index is 12.4. The lowest BCUT2D eigenvalue weighted by Crippen LogP contribution is -2.18. The molecular formula is C24H17Cl3N4O2.